The van der Waals surface area contributed by atoms with Crippen molar-refractivity contribution in [2.24, 2.45) is 0 Å². The number of anilines is 1. The first-order chi connectivity index (χ1) is 12.0. The van der Waals surface area contributed by atoms with Gasteiger partial charge in [0.2, 0.25) is 5.69 Å². The van der Waals surface area contributed by atoms with E-state index >= 15 is 0 Å². The van der Waals surface area contributed by atoms with E-state index in [2.05, 4.69) is 25.6 Å². The Balaban J connectivity index is 1.89. The first kappa shape index (κ1) is 16.3. The number of H-pyrrole nitrogens is 1. The highest BCUT2D eigenvalue weighted by Gasteiger charge is 2.30. The number of carbonyl (C=O) groups is 1. The summed E-state index contributed by atoms with van der Waals surface area (Å²) in [5.41, 5.74) is 1.33. The van der Waals surface area contributed by atoms with E-state index in [1.807, 2.05) is 0 Å². The fraction of sp³-hybridized carbons (Fsp3) is 0.200. The van der Waals surface area contributed by atoms with E-state index in [1.54, 1.807) is 37.5 Å². The molecule has 10 heteroatoms. The number of hydrogen-bond acceptors (Lipinski definition) is 6. The van der Waals surface area contributed by atoms with Crippen molar-refractivity contribution in [3.8, 4) is 11.3 Å². The fourth-order valence-corrected chi connectivity index (χ4v) is 2.48. The van der Waals surface area contributed by atoms with Crippen molar-refractivity contribution in [2.45, 2.75) is 20.4 Å². The van der Waals surface area contributed by atoms with Gasteiger partial charge in [-0.3, -0.25) is 29.7 Å². The fourth-order valence-electron chi connectivity index (χ4n) is 2.48. The molecular weight excluding hydrogens is 326 g/mol. The highest BCUT2D eigenvalue weighted by Crippen LogP contribution is 2.25. The molecule has 0 aliphatic heterocycles. The highest BCUT2D eigenvalue weighted by molar-refractivity contribution is 6.05. The first-order valence-corrected chi connectivity index (χ1v) is 7.50. The maximum Gasteiger partial charge on any atom is 0.322 e. The predicted molar refractivity (Wildman–Crippen MR) is 89.1 cm³/mol. The number of aromatic nitrogens is 5. The van der Waals surface area contributed by atoms with Gasteiger partial charge in [-0.1, -0.05) is 0 Å². The average Bonchev–Trinajstić information content (AvgIpc) is 3.19. The molecule has 0 unspecified atom stereocenters. The summed E-state index contributed by atoms with van der Waals surface area (Å²) >= 11 is 0. The van der Waals surface area contributed by atoms with Crippen LogP contribution in [0.25, 0.3) is 11.3 Å². The van der Waals surface area contributed by atoms with Crippen LogP contribution in [0.1, 0.15) is 23.1 Å². The second-order valence-corrected chi connectivity index (χ2v) is 5.21. The van der Waals surface area contributed by atoms with Crippen LogP contribution in [0.4, 0.5) is 11.5 Å². The van der Waals surface area contributed by atoms with E-state index < -0.39 is 10.8 Å². The molecular formula is C15H15N7O3. The van der Waals surface area contributed by atoms with Crippen LogP contribution in [-0.4, -0.2) is 35.8 Å². The third-order valence-corrected chi connectivity index (χ3v) is 3.60. The van der Waals surface area contributed by atoms with Crippen molar-refractivity contribution >= 4 is 17.4 Å². The summed E-state index contributed by atoms with van der Waals surface area (Å²) in [5.74, 6) is -0.380. The Morgan fingerprint density at radius 2 is 2.12 bits per heavy atom. The van der Waals surface area contributed by atoms with Crippen LogP contribution in [0, 0.1) is 17.0 Å². The number of hydrogen-bond donors (Lipinski definition) is 2. The lowest BCUT2D eigenvalue weighted by molar-refractivity contribution is -0.385. The zero-order valence-corrected chi connectivity index (χ0v) is 13.6. The Morgan fingerprint density at radius 1 is 1.40 bits per heavy atom. The molecule has 3 rings (SSSR count). The summed E-state index contributed by atoms with van der Waals surface area (Å²) in [5, 5.41) is 24.7. The van der Waals surface area contributed by atoms with Crippen LogP contribution in [0.5, 0.6) is 0 Å². The van der Waals surface area contributed by atoms with Gasteiger partial charge in [0, 0.05) is 30.6 Å². The van der Waals surface area contributed by atoms with E-state index in [9.17, 15) is 14.9 Å². The van der Waals surface area contributed by atoms with E-state index in [1.165, 1.54) is 11.6 Å². The zero-order valence-electron chi connectivity index (χ0n) is 13.6. The molecule has 0 spiro atoms. The van der Waals surface area contributed by atoms with Gasteiger partial charge in [0.25, 0.3) is 5.91 Å². The standard InChI is InChI=1S/C15H15N7O3/c1-3-21-14(13(22(24)25)9(2)20-21)15(23)17-12-8-11(18-19-12)10-4-6-16-7-5-10/h4-8H,3H2,1-2H3,(H2,17,18,19,23). The number of carbonyl (C=O) groups excluding carboxylic acids is 1. The summed E-state index contributed by atoms with van der Waals surface area (Å²) < 4.78 is 1.30. The maximum atomic E-state index is 12.5. The summed E-state index contributed by atoms with van der Waals surface area (Å²) in [4.78, 5) is 27.1. The number of nitrogens with zero attached hydrogens (tertiary/aromatic N) is 5. The van der Waals surface area contributed by atoms with Gasteiger partial charge in [-0.15, -0.1) is 0 Å². The van der Waals surface area contributed by atoms with Crippen LogP contribution in [0.3, 0.4) is 0 Å². The van der Waals surface area contributed by atoms with Crippen LogP contribution in [0.2, 0.25) is 0 Å². The third kappa shape index (κ3) is 3.09. The van der Waals surface area contributed by atoms with Crippen molar-refractivity contribution < 1.29 is 9.72 Å². The molecule has 1 amide bonds. The third-order valence-electron chi connectivity index (χ3n) is 3.60. The van der Waals surface area contributed by atoms with Gasteiger partial charge >= 0.3 is 5.69 Å². The topological polar surface area (TPSA) is 132 Å². The normalized spacial score (nSPS) is 10.6. The summed E-state index contributed by atoms with van der Waals surface area (Å²) in [6, 6.07) is 5.22. The molecule has 0 bridgehead atoms. The molecule has 0 saturated carbocycles. The lowest BCUT2D eigenvalue weighted by atomic mass is 10.2. The molecule has 3 aromatic heterocycles. The number of pyridine rings is 1. The number of nitrogens with one attached hydrogen (secondary N) is 2. The van der Waals surface area contributed by atoms with Gasteiger partial charge in [0.15, 0.2) is 5.82 Å². The molecule has 3 heterocycles. The molecule has 0 aliphatic rings. The lowest BCUT2D eigenvalue weighted by Crippen LogP contribution is -2.19. The minimum absolute atomic E-state index is 0.0986. The molecule has 0 radical (unpaired) electrons. The van der Waals surface area contributed by atoms with E-state index in [4.69, 9.17) is 0 Å². The smallest absolute Gasteiger partial charge is 0.303 e. The molecule has 2 N–H and O–H groups in total. The predicted octanol–water partition coefficient (Wildman–Crippen LogP) is 2.16. The number of amides is 1. The summed E-state index contributed by atoms with van der Waals surface area (Å²) in [6.45, 7) is 3.58. The van der Waals surface area contributed by atoms with Crippen LogP contribution in [-0.2, 0) is 6.54 Å². The van der Waals surface area contributed by atoms with Crippen LogP contribution in [0.15, 0.2) is 30.6 Å². The van der Waals surface area contributed by atoms with Crippen molar-refractivity contribution in [3.05, 3.63) is 52.1 Å². The molecule has 3 aromatic rings. The Labute approximate surface area is 142 Å². The van der Waals surface area contributed by atoms with Gasteiger partial charge in [0.05, 0.1) is 10.6 Å². The lowest BCUT2D eigenvalue weighted by Gasteiger charge is -2.03. The molecule has 10 nitrogen and oxygen atoms in total. The van der Waals surface area contributed by atoms with Gasteiger partial charge in [-0.25, -0.2) is 0 Å². The SMILES string of the molecule is CCn1nc(C)c([N+](=O)[O-])c1C(=O)Nc1cc(-c2ccncc2)[nH]n1. The number of nitro groups is 1. The number of rotatable bonds is 5. The Bertz CT molecular complexity index is 930. The Morgan fingerprint density at radius 3 is 2.76 bits per heavy atom. The molecule has 25 heavy (non-hydrogen) atoms. The van der Waals surface area contributed by atoms with E-state index in [-0.39, 0.29) is 22.9 Å². The second kappa shape index (κ2) is 6.51. The van der Waals surface area contributed by atoms with Crippen LogP contribution < -0.4 is 5.32 Å². The summed E-state index contributed by atoms with van der Waals surface area (Å²) in [7, 11) is 0. The zero-order chi connectivity index (χ0) is 18.0. The number of aromatic amines is 1. The van der Waals surface area contributed by atoms with E-state index in [0.29, 0.717) is 12.2 Å². The van der Waals surface area contributed by atoms with Crippen molar-refractivity contribution in [3.63, 3.8) is 0 Å². The van der Waals surface area contributed by atoms with Crippen LogP contribution >= 0.6 is 0 Å². The average molecular weight is 341 g/mol. The Hall–Kier alpha value is -3.56. The molecule has 0 saturated heterocycles. The van der Waals surface area contributed by atoms with Gasteiger partial charge < -0.3 is 5.32 Å². The van der Waals surface area contributed by atoms with Crippen molar-refractivity contribution in [1.82, 2.24) is 25.0 Å². The minimum atomic E-state index is -0.637. The quantitative estimate of drug-likeness (QED) is 0.540. The first-order valence-electron chi connectivity index (χ1n) is 7.50. The van der Waals surface area contributed by atoms with Gasteiger partial charge in [-0.05, 0) is 26.0 Å². The molecule has 0 aliphatic carbocycles. The molecule has 0 aromatic carbocycles. The Kier molecular flexibility index (Phi) is 4.25. The van der Waals surface area contributed by atoms with Gasteiger partial charge in [0.1, 0.15) is 5.69 Å². The highest BCUT2D eigenvalue weighted by atomic mass is 16.6. The molecule has 0 atom stereocenters. The van der Waals surface area contributed by atoms with Gasteiger partial charge in [-0.2, -0.15) is 10.2 Å². The second-order valence-electron chi connectivity index (χ2n) is 5.21. The monoisotopic (exact) mass is 341 g/mol. The van der Waals surface area contributed by atoms with Crippen molar-refractivity contribution in [2.75, 3.05) is 5.32 Å². The van der Waals surface area contributed by atoms with E-state index in [0.717, 1.165) is 5.56 Å². The molecule has 128 valence electrons. The largest absolute Gasteiger partial charge is 0.322 e. The maximum absolute atomic E-state index is 12.5. The minimum Gasteiger partial charge on any atom is -0.303 e. The summed E-state index contributed by atoms with van der Waals surface area (Å²) in [6.07, 6.45) is 3.28. The number of aryl methyl sites for hydroxylation is 2. The van der Waals surface area contributed by atoms with Crippen molar-refractivity contribution in [1.29, 1.82) is 0 Å². The molecule has 0 fully saturated rings.